The van der Waals surface area contributed by atoms with Gasteiger partial charge in [0.1, 0.15) is 23.2 Å². The van der Waals surface area contributed by atoms with E-state index >= 15 is 0 Å². The van der Waals surface area contributed by atoms with Crippen molar-refractivity contribution in [1.29, 1.82) is 0 Å². The van der Waals surface area contributed by atoms with Gasteiger partial charge in [-0.25, -0.2) is 9.97 Å². The molecule has 1 saturated carbocycles. The first kappa shape index (κ1) is 19.3. The molecule has 2 N–H and O–H groups in total. The van der Waals surface area contributed by atoms with E-state index in [2.05, 4.69) is 14.5 Å². The van der Waals surface area contributed by atoms with Gasteiger partial charge in [0.2, 0.25) is 0 Å². The number of nitrogens with two attached hydrogens (primary N) is 1. The Hall–Kier alpha value is -1.70. The Morgan fingerprint density at radius 3 is 2.59 bits per heavy atom. The molecule has 5 rings (SSSR count). The highest BCUT2D eigenvalue weighted by atomic mass is 35.5. The summed E-state index contributed by atoms with van der Waals surface area (Å²) in [4.78, 5) is 8.54. The predicted molar refractivity (Wildman–Crippen MR) is 112 cm³/mol. The number of rotatable bonds is 3. The van der Waals surface area contributed by atoms with Crippen molar-refractivity contribution < 1.29 is 9.47 Å². The lowest BCUT2D eigenvalue weighted by Gasteiger charge is -2.27. The molecule has 1 aromatic carbocycles. The molecule has 0 radical (unpaired) electrons. The first-order valence-electron chi connectivity index (χ1n) is 9.68. The number of nitrogens with zero attached hydrogens (tertiary/aromatic N) is 3. The third-order valence-electron chi connectivity index (χ3n) is 6.01. The van der Waals surface area contributed by atoms with Crippen LogP contribution in [-0.2, 0) is 9.47 Å². The lowest BCUT2D eigenvalue weighted by molar-refractivity contribution is -0.161. The Kier molecular flexibility index (Phi) is 4.60. The molecule has 8 heteroatoms. The van der Waals surface area contributed by atoms with Crippen LogP contribution in [0.15, 0.2) is 42.9 Å². The minimum Gasteiger partial charge on any atom is -0.344 e. The zero-order valence-electron chi connectivity index (χ0n) is 16.1. The van der Waals surface area contributed by atoms with Crippen molar-refractivity contribution in [3.05, 3.63) is 58.6 Å². The third kappa shape index (κ3) is 3.23. The maximum absolute atomic E-state index is 6.71. The van der Waals surface area contributed by atoms with E-state index in [4.69, 9.17) is 38.4 Å². The Morgan fingerprint density at radius 2 is 1.83 bits per heavy atom. The summed E-state index contributed by atoms with van der Waals surface area (Å²) < 4.78 is 14.8. The predicted octanol–water partition coefficient (Wildman–Crippen LogP) is 4.52. The minimum atomic E-state index is -0.665. The highest BCUT2D eigenvalue weighted by Gasteiger charge is 2.56. The van der Waals surface area contributed by atoms with Crippen molar-refractivity contribution >= 4 is 34.2 Å². The fraction of sp³-hybridized carbons (Fsp3) is 0.429. The molecule has 0 spiro atoms. The van der Waals surface area contributed by atoms with E-state index in [1.165, 1.54) is 6.33 Å². The molecule has 2 aromatic heterocycles. The molecule has 1 aliphatic heterocycles. The standard InChI is InChI=1S/C21H22Cl2N4O2/c1-21(2)28-17-14(16(24)11-3-5-12(22)6-4-11)9-15(18(17)29-21)27-8-7-13-19(23)25-10-26-20(13)27/h3-8,10,14-18H,9,24H2,1-2H3/t14-,15-,16?,17-,18+/m1/s1. The van der Waals surface area contributed by atoms with Gasteiger partial charge in [0.05, 0.1) is 17.5 Å². The quantitative estimate of drug-likeness (QED) is 0.615. The van der Waals surface area contributed by atoms with Gasteiger partial charge in [0, 0.05) is 23.2 Å². The zero-order chi connectivity index (χ0) is 20.3. The van der Waals surface area contributed by atoms with Gasteiger partial charge >= 0.3 is 0 Å². The number of benzene rings is 1. The minimum absolute atomic E-state index is 0.0357. The van der Waals surface area contributed by atoms with E-state index in [1.807, 2.05) is 50.4 Å². The van der Waals surface area contributed by atoms with Crippen LogP contribution in [0.4, 0.5) is 0 Å². The molecule has 0 bridgehead atoms. The fourth-order valence-corrected chi connectivity index (χ4v) is 5.07. The Bertz CT molecular complexity index is 1050. The van der Waals surface area contributed by atoms with Crippen LogP contribution in [0.1, 0.15) is 37.9 Å². The number of fused-ring (bicyclic) bond motifs is 2. The summed E-state index contributed by atoms with van der Waals surface area (Å²) >= 11 is 12.3. The molecular weight excluding hydrogens is 411 g/mol. The van der Waals surface area contributed by atoms with E-state index < -0.39 is 5.79 Å². The van der Waals surface area contributed by atoms with Crippen LogP contribution in [0.3, 0.4) is 0 Å². The molecule has 1 unspecified atom stereocenters. The summed E-state index contributed by atoms with van der Waals surface area (Å²) in [6.45, 7) is 3.89. The number of ether oxygens (including phenoxy) is 2. The molecule has 152 valence electrons. The molecule has 1 aliphatic carbocycles. The van der Waals surface area contributed by atoms with Crippen LogP contribution in [-0.4, -0.2) is 32.5 Å². The van der Waals surface area contributed by atoms with Crippen molar-refractivity contribution in [2.75, 3.05) is 0 Å². The lowest BCUT2D eigenvalue weighted by Crippen LogP contribution is -2.32. The van der Waals surface area contributed by atoms with E-state index in [0.717, 1.165) is 23.0 Å². The maximum atomic E-state index is 6.71. The summed E-state index contributed by atoms with van der Waals surface area (Å²) in [5.41, 5.74) is 8.54. The lowest BCUT2D eigenvalue weighted by atomic mass is 9.90. The van der Waals surface area contributed by atoms with Crippen LogP contribution in [0.5, 0.6) is 0 Å². The van der Waals surface area contributed by atoms with Crippen LogP contribution in [0, 0.1) is 5.92 Å². The fourth-order valence-electron chi connectivity index (χ4n) is 4.76. The Morgan fingerprint density at radius 1 is 1.10 bits per heavy atom. The summed E-state index contributed by atoms with van der Waals surface area (Å²) in [5, 5.41) is 1.97. The van der Waals surface area contributed by atoms with Crippen LogP contribution >= 0.6 is 23.2 Å². The third-order valence-corrected chi connectivity index (χ3v) is 6.57. The molecule has 0 amide bonds. The van der Waals surface area contributed by atoms with Crippen LogP contribution in [0.2, 0.25) is 10.2 Å². The summed E-state index contributed by atoms with van der Waals surface area (Å²) in [7, 11) is 0. The van der Waals surface area contributed by atoms with Gasteiger partial charge in [-0.05, 0) is 44.0 Å². The van der Waals surface area contributed by atoms with E-state index in [1.54, 1.807) is 0 Å². The monoisotopic (exact) mass is 432 g/mol. The molecule has 5 atom stereocenters. The number of hydrogen-bond acceptors (Lipinski definition) is 5. The number of hydrogen-bond donors (Lipinski definition) is 1. The van der Waals surface area contributed by atoms with Crippen molar-refractivity contribution in [1.82, 2.24) is 14.5 Å². The SMILES string of the molecule is CC1(C)O[C@@H]2[C@H](O1)[C@@H](C(N)c1ccc(Cl)cc1)C[C@H]2n1ccc2c(Cl)ncnc21. The molecule has 3 aromatic rings. The second-order valence-electron chi connectivity index (χ2n) is 8.23. The molecule has 2 fully saturated rings. The topological polar surface area (TPSA) is 75.2 Å². The van der Waals surface area contributed by atoms with E-state index in [0.29, 0.717) is 10.2 Å². The van der Waals surface area contributed by atoms with Gasteiger partial charge < -0.3 is 19.8 Å². The van der Waals surface area contributed by atoms with Gasteiger partial charge in [-0.1, -0.05) is 35.3 Å². The molecule has 2 aliphatic rings. The zero-order valence-corrected chi connectivity index (χ0v) is 17.6. The van der Waals surface area contributed by atoms with Crippen molar-refractivity contribution in [2.24, 2.45) is 11.7 Å². The smallest absolute Gasteiger partial charge is 0.163 e. The van der Waals surface area contributed by atoms with Crippen molar-refractivity contribution in [3.8, 4) is 0 Å². The van der Waals surface area contributed by atoms with Crippen molar-refractivity contribution in [3.63, 3.8) is 0 Å². The molecular formula is C21H22Cl2N4O2. The second-order valence-corrected chi connectivity index (χ2v) is 9.03. The molecule has 1 saturated heterocycles. The summed E-state index contributed by atoms with van der Waals surface area (Å²) in [6, 6.07) is 9.49. The second kappa shape index (κ2) is 6.93. The maximum Gasteiger partial charge on any atom is 0.163 e. The molecule has 29 heavy (non-hydrogen) atoms. The Labute approximate surface area is 178 Å². The van der Waals surface area contributed by atoms with Crippen molar-refractivity contribution in [2.45, 2.75) is 50.3 Å². The summed E-state index contributed by atoms with van der Waals surface area (Å²) in [5.74, 6) is -0.579. The van der Waals surface area contributed by atoms with E-state index in [9.17, 15) is 0 Å². The van der Waals surface area contributed by atoms with Crippen LogP contribution in [0.25, 0.3) is 11.0 Å². The van der Waals surface area contributed by atoms with Gasteiger partial charge in [-0.3, -0.25) is 0 Å². The first-order valence-corrected chi connectivity index (χ1v) is 10.4. The van der Waals surface area contributed by atoms with Gasteiger partial charge in [-0.15, -0.1) is 0 Å². The highest BCUT2D eigenvalue weighted by molar-refractivity contribution is 6.33. The average Bonchev–Trinajstić information content (AvgIpc) is 3.33. The Balaban J connectivity index is 1.53. The number of aromatic nitrogens is 3. The van der Waals surface area contributed by atoms with E-state index in [-0.39, 0.29) is 30.2 Å². The average molecular weight is 433 g/mol. The molecule has 3 heterocycles. The van der Waals surface area contributed by atoms with Crippen LogP contribution < -0.4 is 5.73 Å². The summed E-state index contributed by atoms with van der Waals surface area (Å²) in [6.07, 6.45) is 4.05. The molecule has 6 nitrogen and oxygen atoms in total. The van der Waals surface area contributed by atoms with Gasteiger partial charge in [-0.2, -0.15) is 0 Å². The van der Waals surface area contributed by atoms with Gasteiger partial charge in [0.15, 0.2) is 5.79 Å². The normalized spacial score (nSPS) is 29.3. The first-order chi connectivity index (χ1) is 13.8. The largest absolute Gasteiger partial charge is 0.344 e. The highest BCUT2D eigenvalue weighted by Crippen LogP contribution is 2.50. The number of halogens is 2. The van der Waals surface area contributed by atoms with Gasteiger partial charge in [0.25, 0.3) is 0 Å².